The number of aromatic nitrogens is 1. The van der Waals surface area contributed by atoms with Crippen LogP contribution in [0.1, 0.15) is 41.8 Å². The van der Waals surface area contributed by atoms with Crippen LogP contribution in [0, 0.1) is 6.92 Å². The van der Waals surface area contributed by atoms with Gasteiger partial charge < -0.3 is 10.1 Å². The molecule has 0 spiro atoms. The number of carbonyl (C=O) groups excluding carboxylic acids is 2. The highest BCUT2D eigenvalue weighted by Gasteiger charge is 2.60. The van der Waals surface area contributed by atoms with Gasteiger partial charge in [-0.25, -0.2) is 4.79 Å². The van der Waals surface area contributed by atoms with Gasteiger partial charge in [-0.05, 0) is 55.7 Å². The number of fused-ring (bicyclic) bond motifs is 4. The number of amides is 3. The Morgan fingerprint density at radius 2 is 1.97 bits per heavy atom. The molecule has 7 nitrogen and oxygen atoms in total. The number of carbonyl (C=O) groups is 2. The SMILES string of the molecule is Cc1ccc2[nH]c3c(c2c1)C[C@@]1(C)C(=O)N(CCN2CC=CCC2)C(=O)N1[C@@H]3c1cccc(O)c1. The highest BCUT2D eigenvalue weighted by Crippen LogP contribution is 2.49. The summed E-state index contributed by atoms with van der Waals surface area (Å²) in [5.74, 6) is -0.0101. The van der Waals surface area contributed by atoms with E-state index in [4.69, 9.17) is 0 Å². The molecule has 2 atom stereocenters. The summed E-state index contributed by atoms with van der Waals surface area (Å²) in [6, 6.07) is 12.5. The number of hydrogen-bond donors (Lipinski definition) is 2. The van der Waals surface area contributed by atoms with Crippen molar-refractivity contribution in [1.29, 1.82) is 0 Å². The van der Waals surface area contributed by atoms with Crippen LogP contribution in [0.4, 0.5) is 4.79 Å². The summed E-state index contributed by atoms with van der Waals surface area (Å²) < 4.78 is 0. The van der Waals surface area contributed by atoms with Crippen molar-refractivity contribution in [3.8, 4) is 5.75 Å². The van der Waals surface area contributed by atoms with Crippen LogP contribution < -0.4 is 0 Å². The number of phenolic OH excluding ortho intramolecular Hbond substituents is 1. The van der Waals surface area contributed by atoms with Crippen LogP contribution in [0.15, 0.2) is 54.6 Å². The number of aryl methyl sites for hydroxylation is 1. The minimum atomic E-state index is -0.999. The van der Waals surface area contributed by atoms with Crippen molar-refractivity contribution in [3.05, 3.63) is 77.0 Å². The second-order valence-electron chi connectivity index (χ2n) is 10.2. The average Bonchev–Trinajstić information content (AvgIpc) is 3.28. The summed E-state index contributed by atoms with van der Waals surface area (Å²) in [4.78, 5) is 36.8. The van der Waals surface area contributed by atoms with Crippen LogP contribution in [-0.2, 0) is 11.2 Å². The lowest BCUT2D eigenvalue weighted by Gasteiger charge is -2.42. The zero-order valence-corrected chi connectivity index (χ0v) is 20.1. The van der Waals surface area contributed by atoms with Crippen LogP contribution in [0.5, 0.6) is 5.75 Å². The second kappa shape index (κ2) is 7.99. The molecule has 2 N–H and O–H groups in total. The molecule has 3 amide bonds. The predicted octanol–water partition coefficient (Wildman–Crippen LogP) is 4.11. The summed E-state index contributed by atoms with van der Waals surface area (Å²) in [7, 11) is 0. The fourth-order valence-corrected chi connectivity index (χ4v) is 6.00. The number of imide groups is 1. The molecule has 6 rings (SSSR count). The Morgan fingerprint density at radius 3 is 2.74 bits per heavy atom. The standard InChI is InChI=1S/C28H30N4O3/c1-18-9-10-23-21(15-18)22-17-28(2)26(34)31(14-13-30-11-4-3-5-12-30)27(35)32(28)25(24(22)29-23)19-7-6-8-20(33)16-19/h3-4,6-10,15-16,25,29,33H,5,11-14,17H2,1-2H3/t25-,28+/m1/s1. The molecule has 0 radical (unpaired) electrons. The maximum absolute atomic E-state index is 13.9. The molecule has 0 saturated carbocycles. The normalized spacial score (nSPS) is 24.3. The first kappa shape index (κ1) is 21.9. The van der Waals surface area contributed by atoms with Crippen molar-refractivity contribution in [2.75, 3.05) is 26.2 Å². The van der Waals surface area contributed by atoms with Gasteiger partial charge in [0.25, 0.3) is 5.91 Å². The first-order valence-corrected chi connectivity index (χ1v) is 12.3. The lowest BCUT2D eigenvalue weighted by Crippen LogP contribution is -2.53. The fraction of sp³-hybridized carbons (Fsp3) is 0.357. The molecule has 3 aromatic rings. The molecule has 0 bridgehead atoms. The molecule has 1 fully saturated rings. The van der Waals surface area contributed by atoms with E-state index in [0.717, 1.165) is 52.8 Å². The van der Waals surface area contributed by atoms with E-state index in [-0.39, 0.29) is 17.7 Å². The monoisotopic (exact) mass is 470 g/mol. The Kier molecular flexibility index (Phi) is 5.00. The van der Waals surface area contributed by atoms with Crippen molar-refractivity contribution in [2.45, 2.75) is 38.3 Å². The maximum atomic E-state index is 13.9. The molecule has 1 aromatic heterocycles. The largest absolute Gasteiger partial charge is 0.508 e. The molecule has 3 aliphatic rings. The maximum Gasteiger partial charge on any atom is 0.328 e. The van der Waals surface area contributed by atoms with Crippen molar-refractivity contribution < 1.29 is 14.7 Å². The van der Waals surface area contributed by atoms with Gasteiger partial charge >= 0.3 is 6.03 Å². The Bertz CT molecular complexity index is 1380. The summed E-state index contributed by atoms with van der Waals surface area (Å²) in [5.41, 5.74) is 3.90. The van der Waals surface area contributed by atoms with E-state index in [0.29, 0.717) is 19.5 Å². The summed E-state index contributed by atoms with van der Waals surface area (Å²) >= 11 is 0. The number of phenols is 1. The zero-order chi connectivity index (χ0) is 24.3. The fourth-order valence-electron chi connectivity index (χ4n) is 6.00. The second-order valence-corrected chi connectivity index (χ2v) is 10.2. The van der Waals surface area contributed by atoms with Gasteiger partial charge in [-0.2, -0.15) is 0 Å². The molecule has 4 heterocycles. The Morgan fingerprint density at radius 1 is 1.11 bits per heavy atom. The molecule has 180 valence electrons. The first-order chi connectivity index (χ1) is 16.9. The third-order valence-corrected chi connectivity index (χ3v) is 7.79. The van der Waals surface area contributed by atoms with Gasteiger partial charge in [-0.1, -0.05) is 35.9 Å². The van der Waals surface area contributed by atoms with Crippen LogP contribution in [0.2, 0.25) is 0 Å². The van der Waals surface area contributed by atoms with Gasteiger partial charge in [0.1, 0.15) is 17.3 Å². The third kappa shape index (κ3) is 3.37. The van der Waals surface area contributed by atoms with Gasteiger partial charge in [0.2, 0.25) is 0 Å². The van der Waals surface area contributed by atoms with E-state index in [2.05, 4.69) is 47.2 Å². The lowest BCUT2D eigenvalue weighted by molar-refractivity contribution is -0.133. The minimum Gasteiger partial charge on any atom is -0.508 e. The van der Waals surface area contributed by atoms with E-state index in [1.54, 1.807) is 23.1 Å². The molecule has 35 heavy (non-hydrogen) atoms. The Balaban J connectivity index is 1.45. The summed E-state index contributed by atoms with van der Waals surface area (Å²) in [6.07, 6.45) is 5.75. The highest BCUT2D eigenvalue weighted by molar-refractivity contribution is 6.08. The minimum absolute atomic E-state index is 0.135. The third-order valence-electron chi connectivity index (χ3n) is 7.79. The average molecular weight is 471 g/mol. The number of benzene rings is 2. The molecule has 3 aliphatic heterocycles. The number of urea groups is 1. The predicted molar refractivity (Wildman–Crippen MR) is 134 cm³/mol. The number of hydrogen-bond acceptors (Lipinski definition) is 4. The number of aromatic amines is 1. The number of nitrogens with zero attached hydrogens (tertiary/aromatic N) is 3. The summed E-state index contributed by atoms with van der Waals surface area (Å²) in [6.45, 7) is 6.77. The molecule has 0 unspecified atom stereocenters. The first-order valence-electron chi connectivity index (χ1n) is 12.3. The highest BCUT2D eigenvalue weighted by atomic mass is 16.3. The van der Waals surface area contributed by atoms with Gasteiger partial charge in [-0.15, -0.1) is 0 Å². The Labute approximate surface area is 204 Å². The molecule has 2 aromatic carbocycles. The molecular formula is C28H30N4O3. The van der Waals surface area contributed by atoms with Crippen molar-refractivity contribution in [1.82, 2.24) is 19.7 Å². The van der Waals surface area contributed by atoms with Crippen LogP contribution in [0.3, 0.4) is 0 Å². The van der Waals surface area contributed by atoms with Gasteiger partial charge in [-0.3, -0.25) is 19.5 Å². The number of aromatic hydroxyl groups is 1. The van der Waals surface area contributed by atoms with Crippen LogP contribution >= 0.6 is 0 Å². The van der Waals surface area contributed by atoms with Crippen LogP contribution in [0.25, 0.3) is 10.9 Å². The van der Waals surface area contributed by atoms with E-state index >= 15 is 0 Å². The topological polar surface area (TPSA) is 79.9 Å². The summed E-state index contributed by atoms with van der Waals surface area (Å²) in [5, 5.41) is 11.4. The zero-order valence-electron chi connectivity index (χ0n) is 20.1. The molecule has 1 saturated heterocycles. The van der Waals surface area contributed by atoms with Gasteiger partial charge in [0.15, 0.2) is 0 Å². The lowest BCUT2D eigenvalue weighted by atomic mass is 9.81. The van der Waals surface area contributed by atoms with Crippen LogP contribution in [-0.4, -0.2) is 68.4 Å². The van der Waals surface area contributed by atoms with Crippen molar-refractivity contribution >= 4 is 22.8 Å². The molecule has 0 aliphatic carbocycles. The molecule has 7 heteroatoms. The smallest absolute Gasteiger partial charge is 0.328 e. The van der Waals surface area contributed by atoms with E-state index < -0.39 is 11.6 Å². The number of nitrogens with one attached hydrogen (secondary N) is 1. The quantitative estimate of drug-likeness (QED) is 0.444. The number of rotatable bonds is 4. The van der Waals surface area contributed by atoms with Gasteiger partial charge in [0.05, 0.1) is 0 Å². The Hall–Kier alpha value is -3.58. The number of H-pyrrole nitrogens is 1. The van der Waals surface area contributed by atoms with E-state index in [1.165, 1.54) is 4.90 Å². The van der Waals surface area contributed by atoms with Crippen molar-refractivity contribution in [3.63, 3.8) is 0 Å². The van der Waals surface area contributed by atoms with E-state index in [1.807, 2.05) is 13.0 Å². The molecular weight excluding hydrogens is 440 g/mol. The van der Waals surface area contributed by atoms with Gasteiger partial charge in [0, 0.05) is 49.2 Å². The van der Waals surface area contributed by atoms with E-state index in [9.17, 15) is 14.7 Å². The van der Waals surface area contributed by atoms with Crippen molar-refractivity contribution in [2.24, 2.45) is 0 Å².